The first-order valence-electron chi connectivity index (χ1n) is 15.0. The van der Waals surface area contributed by atoms with Gasteiger partial charge in [-0.3, -0.25) is 19.2 Å². The molecule has 0 bridgehead atoms. The Hall–Kier alpha value is -5.62. The van der Waals surface area contributed by atoms with Crippen LogP contribution in [0.15, 0.2) is 104 Å². The van der Waals surface area contributed by atoms with Crippen LogP contribution in [0.25, 0.3) is 76.2 Å². The summed E-state index contributed by atoms with van der Waals surface area (Å²) in [7, 11) is 0. The van der Waals surface area contributed by atoms with E-state index in [1.54, 1.807) is 12.1 Å². The van der Waals surface area contributed by atoms with Crippen LogP contribution in [0.1, 0.15) is 31.9 Å². The minimum atomic E-state index is -0.335. The Labute approximate surface area is 254 Å². The molecule has 0 aliphatic carbocycles. The molecule has 9 rings (SSSR count). The summed E-state index contributed by atoms with van der Waals surface area (Å²) in [5.74, 6) is 0. The molecule has 0 atom stereocenters. The predicted molar refractivity (Wildman–Crippen MR) is 184 cm³/mol. The Morgan fingerprint density at radius 3 is 1.56 bits per heavy atom. The Kier molecular flexibility index (Phi) is 4.77. The number of hydrogen-bond donors (Lipinski definition) is 0. The van der Waals surface area contributed by atoms with Gasteiger partial charge in [-0.25, -0.2) is 0 Å². The van der Waals surface area contributed by atoms with Gasteiger partial charge in [-0.15, -0.1) is 0 Å². The second-order valence-corrected chi connectivity index (χ2v) is 13.3. The third-order valence-corrected chi connectivity index (χ3v) is 9.53. The van der Waals surface area contributed by atoms with Gasteiger partial charge in [0.05, 0.1) is 38.5 Å². The van der Waals surface area contributed by atoms with Gasteiger partial charge in [0, 0.05) is 37.7 Å². The molecular formula is C39H26N2O4. The first kappa shape index (κ1) is 25.8. The molecule has 216 valence electrons. The molecule has 4 aromatic heterocycles. The van der Waals surface area contributed by atoms with E-state index in [0.29, 0.717) is 76.2 Å². The van der Waals surface area contributed by atoms with Crippen molar-refractivity contribution in [3.63, 3.8) is 0 Å². The summed E-state index contributed by atoms with van der Waals surface area (Å²) < 4.78 is 3.94. The van der Waals surface area contributed by atoms with Gasteiger partial charge in [0.1, 0.15) is 0 Å². The molecule has 0 amide bonds. The smallest absolute Gasteiger partial charge is 0.199 e. The molecule has 0 saturated carbocycles. The van der Waals surface area contributed by atoms with Crippen LogP contribution in [0.3, 0.4) is 0 Å². The summed E-state index contributed by atoms with van der Waals surface area (Å²) >= 11 is 0. The van der Waals surface area contributed by atoms with E-state index in [9.17, 15) is 19.2 Å². The van der Waals surface area contributed by atoms with Crippen molar-refractivity contribution in [2.45, 2.75) is 33.1 Å². The average Bonchev–Trinajstić information content (AvgIpc) is 3.03. The fraction of sp³-hybridized carbons (Fsp3) is 0.128. The molecule has 45 heavy (non-hydrogen) atoms. The standard InChI is InChI=1S/C39H26N2O4/c1-19-15-24-33-25(16-19)37(44)23-13-14-30-31(34(23)41(33)29-12-8-6-10-22(29)35(24)42)38(45)27-18-20(39(2,3)4)17-26-32(27)40(30)28-11-7-5-9-21(28)36(26)43/h5-18H,1-4H3. The van der Waals surface area contributed by atoms with Gasteiger partial charge in [-0.2, -0.15) is 0 Å². The van der Waals surface area contributed by atoms with Gasteiger partial charge in [0.2, 0.25) is 0 Å². The average molecular weight is 587 g/mol. The number of rotatable bonds is 0. The fourth-order valence-corrected chi connectivity index (χ4v) is 7.44. The Morgan fingerprint density at radius 1 is 0.467 bits per heavy atom. The summed E-state index contributed by atoms with van der Waals surface area (Å²) in [5.41, 5.74) is 4.03. The predicted octanol–water partition coefficient (Wildman–Crippen LogP) is 7.03. The Balaban J connectivity index is 1.72. The maximum atomic E-state index is 15.0. The van der Waals surface area contributed by atoms with Gasteiger partial charge in [-0.05, 0) is 84.1 Å². The van der Waals surface area contributed by atoms with Crippen LogP contribution in [0.5, 0.6) is 0 Å². The van der Waals surface area contributed by atoms with Crippen LogP contribution < -0.4 is 21.7 Å². The molecule has 0 aliphatic heterocycles. The number of pyridine rings is 4. The van der Waals surface area contributed by atoms with Gasteiger partial charge >= 0.3 is 0 Å². The van der Waals surface area contributed by atoms with Crippen molar-refractivity contribution in [1.29, 1.82) is 0 Å². The molecule has 0 saturated heterocycles. The molecule has 0 fully saturated rings. The van der Waals surface area contributed by atoms with Crippen molar-refractivity contribution >= 4 is 76.2 Å². The normalized spacial score (nSPS) is 12.8. The molecule has 5 aromatic carbocycles. The highest BCUT2D eigenvalue weighted by atomic mass is 16.1. The number of aryl methyl sites for hydroxylation is 1. The zero-order valence-corrected chi connectivity index (χ0v) is 25.1. The number of hydrogen-bond acceptors (Lipinski definition) is 4. The van der Waals surface area contributed by atoms with Crippen molar-refractivity contribution in [2.75, 3.05) is 0 Å². The number of benzene rings is 5. The van der Waals surface area contributed by atoms with Crippen molar-refractivity contribution in [3.8, 4) is 0 Å². The van der Waals surface area contributed by atoms with Crippen LogP contribution in [0, 0.1) is 6.92 Å². The monoisotopic (exact) mass is 586 g/mol. The number of nitrogens with zero attached hydrogens (tertiary/aromatic N) is 2. The maximum absolute atomic E-state index is 15.0. The Morgan fingerprint density at radius 2 is 0.956 bits per heavy atom. The van der Waals surface area contributed by atoms with Crippen molar-refractivity contribution in [2.24, 2.45) is 0 Å². The van der Waals surface area contributed by atoms with Crippen molar-refractivity contribution < 1.29 is 0 Å². The topological polar surface area (TPSA) is 77.1 Å². The summed E-state index contributed by atoms with van der Waals surface area (Å²) in [6, 6.07) is 25.9. The van der Waals surface area contributed by atoms with Crippen LogP contribution in [0.4, 0.5) is 0 Å². The molecule has 6 nitrogen and oxygen atoms in total. The summed E-state index contributed by atoms with van der Waals surface area (Å²) in [6.07, 6.45) is 0. The molecule has 4 heterocycles. The van der Waals surface area contributed by atoms with E-state index in [-0.39, 0.29) is 27.1 Å². The zero-order valence-electron chi connectivity index (χ0n) is 25.1. The van der Waals surface area contributed by atoms with E-state index in [0.717, 1.165) is 11.1 Å². The third kappa shape index (κ3) is 3.13. The maximum Gasteiger partial charge on any atom is 0.199 e. The lowest BCUT2D eigenvalue weighted by atomic mass is 9.85. The van der Waals surface area contributed by atoms with E-state index in [4.69, 9.17) is 0 Å². The zero-order chi connectivity index (χ0) is 31.1. The first-order chi connectivity index (χ1) is 21.6. The minimum absolute atomic E-state index is 0.119. The number of para-hydroxylation sites is 2. The Bertz CT molecular complexity index is 3040. The highest BCUT2D eigenvalue weighted by Gasteiger charge is 2.25. The fourth-order valence-electron chi connectivity index (χ4n) is 7.44. The van der Waals surface area contributed by atoms with Gasteiger partial charge < -0.3 is 8.80 Å². The molecule has 0 spiro atoms. The molecule has 6 heteroatoms. The minimum Gasteiger partial charge on any atom is -0.307 e. The van der Waals surface area contributed by atoms with E-state index < -0.39 is 0 Å². The molecular weight excluding hydrogens is 560 g/mol. The molecule has 0 aliphatic rings. The van der Waals surface area contributed by atoms with Crippen LogP contribution in [-0.4, -0.2) is 8.80 Å². The third-order valence-electron chi connectivity index (χ3n) is 9.53. The lowest BCUT2D eigenvalue weighted by Crippen LogP contribution is -2.20. The highest BCUT2D eigenvalue weighted by Crippen LogP contribution is 2.35. The van der Waals surface area contributed by atoms with Crippen molar-refractivity contribution in [3.05, 3.63) is 137 Å². The first-order valence-corrected chi connectivity index (χ1v) is 15.0. The molecule has 0 unspecified atom stereocenters. The molecule has 0 N–H and O–H groups in total. The van der Waals surface area contributed by atoms with Gasteiger partial charge in [-0.1, -0.05) is 45.0 Å². The lowest BCUT2D eigenvalue weighted by molar-refractivity contribution is 0.591. The van der Waals surface area contributed by atoms with Crippen LogP contribution in [0.2, 0.25) is 0 Å². The second-order valence-electron chi connectivity index (χ2n) is 13.3. The summed E-state index contributed by atoms with van der Waals surface area (Å²) in [4.78, 5) is 57.1. The van der Waals surface area contributed by atoms with Crippen LogP contribution in [-0.2, 0) is 5.41 Å². The quantitative estimate of drug-likeness (QED) is 0.141. The van der Waals surface area contributed by atoms with E-state index in [1.807, 2.05) is 88.5 Å². The molecule has 0 radical (unpaired) electrons. The van der Waals surface area contributed by atoms with Crippen molar-refractivity contribution in [1.82, 2.24) is 8.80 Å². The second kappa shape index (κ2) is 8.30. The summed E-state index contributed by atoms with van der Waals surface area (Å²) in [5, 5.41) is 3.61. The van der Waals surface area contributed by atoms with E-state index in [2.05, 4.69) is 20.8 Å². The number of fused-ring (bicyclic) bond motifs is 9. The van der Waals surface area contributed by atoms with E-state index in [1.165, 1.54) is 0 Å². The lowest BCUT2D eigenvalue weighted by Gasteiger charge is -2.22. The van der Waals surface area contributed by atoms with Gasteiger partial charge in [0.15, 0.2) is 21.7 Å². The van der Waals surface area contributed by atoms with Crippen LogP contribution >= 0.6 is 0 Å². The molecule has 9 aromatic rings. The van der Waals surface area contributed by atoms with E-state index >= 15 is 0 Å². The SMILES string of the molecule is Cc1cc2c(=O)c3ccccc3n3c2c(c1)c(=O)c1ccc2c(c(=O)c4cc(C(C)(C)C)cc5c(=O)c6ccccc6n2c54)c13. The highest BCUT2D eigenvalue weighted by molar-refractivity contribution is 6.17. The number of aromatic nitrogens is 2. The van der Waals surface area contributed by atoms with Gasteiger partial charge in [0.25, 0.3) is 0 Å². The largest absolute Gasteiger partial charge is 0.307 e. The summed E-state index contributed by atoms with van der Waals surface area (Å²) in [6.45, 7) is 8.06.